The largest absolute Gasteiger partial charge is 0.488 e. The van der Waals surface area contributed by atoms with E-state index in [-0.39, 0.29) is 5.91 Å². The van der Waals surface area contributed by atoms with Crippen LogP contribution in [0.25, 0.3) is 0 Å². The quantitative estimate of drug-likeness (QED) is 0.269. The Morgan fingerprint density at radius 2 is 1.82 bits per heavy atom. The van der Waals surface area contributed by atoms with Gasteiger partial charge < -0.3 is 10.1 Å². The van der Waals surface area contributed by atoms with E-state index in [0.29, 0.717) is 34.6 Å². The molecule has 0 atom stereocenters. The Balaban J connectivity index is 1.42. The van der Waals surface area contributed by atoms with Gasteiger partial charge in [0, 0.05) is 17.3 Å². The summed E-state index contributed by atoms with van der Waals surface area (Å²) in [5, 5.41) is 8.38. The maximum absolute atomic E-state index is 12.8. The molecule has 0 radical (unpaired) electrons. The third-order valence-electron chi connectivity index (χ3n) is 4.96. The zero-order chi connectivity index (χ0) is 23.4. The second-order valence-corrected chi connectivity index (χ2v) is 9.12. The number of aromatic nitrogens is 2. The first-order valence-corrected chi connectivity index (χ1v) is 11.7. The third-order valence-corrected chi connectivity index (χ3v) is 6.35. The van der Waals surface area contributed by atoms with Crippen LogP contribution in [-0.4, -0.2) is 15.7 Å². The number of carbonyl (C=O) groups is 1. The van der Waals surface area contributed by atoms with Crippen LogP contribution in [0.2, 0.25) is 10.0 Å². The van der Waals surface area contributed by atoms with Crippen molar-refractivity contribution in [3.8, 4) is 5.75 Å². The highest BCUT2D eigenvalue weighted by Gasteiger charge is 2.12. The van der Waals surface area contributed by atoms with Gasteiger partial charge in [0.15, 0.2) is 5.82 Å². The van der Waals surface area contributed by atoms with Crippen molar-refractivity contribution in [3.05, 3.63) is 110 Å². The number of anilines is 1. The Hall–Kier alpha value is -2.80. The summed E-state index contributed by atoms with van der Waals surface area (Å²) in [7, 11) is 0. The van der Waals surface area contributed by atoms with Crippen LogP contribution in [-0.2, 0) is 13.2 Å². The minimum absolute atomic E-state index is 0.239. The summed E-state index contributed by atoms with van der Waals surface area (Å²) in [5.74, 6) is 0.986. The first-order valence-electron chi connectivity index (χ1n) is 10.1. The molecule has 0 aliphatic carbocycles. The molecule has 1 heterocycles. The van der Waals surface area contributed by atoms with Crippen LogP contribution in [0.4, 0.5) is 5.82 Å². The monoisotopic (exact) mass is 543 g/mol. The molecule has 1 aromatic heterocycles. The Labute approximate surface area is 210 Å². The van der Waals surface area contributed by atoms with Crippen molar-refractivity contribution in [2.24, 2.45) is 0 Å². The van der Waals surface area contributed by atoms with E-state index < -0.39 is 0 Å². The number of para-hydroxylation sites is 1. The van der Waals surface area contributed by atoms with E-state index in [1.807, 2.05) is 67.6 Å². The van der Waals surface area contributed by atoms with Crippen molar-refractivity contribution in [3.63, 3.8) is 0 Å². The maximum Gasteiger partial charge on any atom is 0.256 e. The number of hydrogen-bond donors (Lipinski definition) is 1. The van der Waals surface area contributed by atoms with Gasteiger partial charge in [-0.15, -0.1) is 0 Å². The van der Waals surface area contributed by atoms with Crippen molar-refractivity contribution in [1.82, 2.24) is 9.78 Å². The molecule has 0 aliphatic rings. The molecule has 33 heavy (non-hydrogen) atoms. The molecule has 4 aromatic rings. The SMILES string of the molecule is Cc1cc(NC(=O)c2cccc(COc3ccccc3Br)c2)nn1Cc1ccc(Cl)c(Cl)c1. The van der Waals surface area contributed by atoms with Crippen LogP contribution >= 0.6 is 39.1 Å². The molecular weight excluding hydrogens is 525 g/mol. The molecule has 1 amide bonds. The summed E-state index contributed by atoms with van der Waals surface area (Å²) in [6, 6.07) is 22.3. The molecule has 0 aliphatic heterocycles. The molecule has 0 fully saturated rings. The Morgan fingerprint density at radius 1 is 1.00 bits per heavy atom. The molecule has 5 nitrogen and oxygen atoms in total. The lowest BCUT2D eigenvalue weighted by atomic mass is 10.1. The summed E-state index contributed by atoms with van der Waals surface area (Å²) in [6.45, 7) is 2.79. The van der Waals surface area contributed by atoms with Gasteiger partial charge in [-0.1, -0.05) is 53.5 Å². The Kier molecular flexibility index (Phi) is 7.38. The minimum atomic E-state index is -0.239. The number of halogens is 3. The molecule has 0 bridgehead atoms. The molecule has 3 aromatic carbocycles. The second kappa shape index (κ2) is 10.4. The first-order chi connectivity index (χ1) is 15.9. The molecule has 0 unspecified atom stereocenters. The van der Waals surface area contributed by atoms with Crippen LogP contribution in [0.3, 0.4) is 0 Å². The highest BCUT2D eigenvalue weighted by Crippen LogP contribution is 2.25. The normalized spacial score (nSPS) is 10.8. The average molecular weight is 545 g/mol. The van der Waals surface area contributed by atoms with Gasteiger partial charge in [-0.2, -0.15) is 5.10 Å². The second-order valence-electron chi connectivity index (χ2n) is 7.45. The summed E-state index contributed by atoms with van der Waals surface area (Å²) < 4.78 is 8.54. The van der Waals surface area contributed by atoms with Crippen molar-refractivity contribution in [2.45, 2.75) is 20.1 Å². The number of carbonyl (C=O) groups excluding carboxylic acids is 1. The van der Waals surface area contributed by atoms with Gasteiger partial charge in [-0.05, 0) is 70.4 Å². The highest BCUT2D eigenvalue weighted by atomic mass is 79.9. The number of aryl methyl sites for hydroxylation is 1. The molecule has 8 heteroatoms. The molecular formula is C25H20BrCl2N3O2. The lowest BCUT2D eigenvalue weighted by molar-refractivity contribution is 0.102. The van der Waals surface area contributed by atoms with Crippen LogP contribution in [0.5, 0.6) is 5.75 Å². The molecule has 0 saturated heterocycles. The van der Waals surface area contributed by atoms with E-state index in [9.17, 15) is 4.79 Å². The van der Waals surface area contributed by atoms with Crippen molar-refractivity contribution in [1.29, 1.82) is 0 Å². The fourth-order valence-electron chi connectivity index (χ4n) is 3.26. The van der Waals surface area contributed by atoms with Gasteiger partial charge in [0.1, 0.15) is 12.4 Å². The van der Waals surface area contributed by atoms with Gasteiger partial charge in [0.05, 0.1) is 21.1 Å². The van der Waals surface area contributed by atoms with E-state index >= 15 is 0 Å². The fraction of sp³-hybridized carbons (Fsp3) is 0.120. The van der Waals surface area contributed by atoms with Gasteiger partial charge in [0.2, 0.25) is 0 Å². The van der Waals surface area contributed by atoms with E-state index in [1.54, 1.807) is 16.8 Å². The van der Waals surface area contributed by atoms with Gasteiger partial charge in [0.25, 0.3) is 5.91 Å². The number of amides is 1. The van der Waals surface area contributed by atoms with Crippen LogP contribution in [0, 0.1) is 6.92 Å². The van der Waals surface area contributed by atoms with Gasteiger partial charge in [-0.25, -0.2) is 0 Å². The fourth-order valence-corrected chi connectivity index (χ4v) is 3.98. The van der Waals surface area contributed by atoms with Crippen LogP contribution < -0.4 is 10.1 Å². The highest BCUT2D eigenvalue weighted by molar-refractivity contribution is 9.10. The van der Waals surface area contributed by atoms with E-state index in [0.717, 1.165) is 27.0 Å². The predicted octanol–water partition coefficient (Wildman–Crippen LogP) is 7.14. The van der Waals surface area contributed by atoms with Crippen molar-refractivity contribution >= 4 is 50.9 Å². The minimum Gasteiger partial charge on any atom is -0.488 e. The lowest BCUT2D eigenvalue weighted by Gasteiger charge is -2.09. The molecule has 0 spiro atoms. The zero-order valence-corrected chi connectivity index (χ0v) is 20.8. The molecule has 4 rings (SSSR count). The van der Waals surface area contributed by atoms with Gasteiger partial charge >= 0.3 is 0 Å². The molecule has 168 valence electrons. The first kappa shape index (κ1) is 23.4. The summed E-state index contributed by atoms with van der Waals surface area (Å²) in [4.78, 5) is 12.8. The number of nitrogens with one attached hydrogen (secondary N) is 1. The van der Waals surface area contributed by atoms with Crippen LogP contribution in [0.1, 0.15) is 27.2 Å². The van der Waals surface area contributed by atoms with E-state index in [2.05, 4.69) is 26.3 Å². The molecule has 0 saturated carbocycles. The molecule has 1 N–H and O–H groups in total. The summed E-state index contributed by atoms with van der Waals surface area (Å²) in [5.41, 5.74) is 3.29. The lowest BCUT2D eigenvalue weighted by Crippen LogP contribution is -2.13. The number of nitrogens with zero attached hydrogens (tertiary/aromatic N) is 2. The smallest absolute Gasteiger partial charge is 0.256 e. The zero-order valence-electron chi connectivity index (χ0n) is 17.7. The summed E-state index contributed by atoms with van der Waals surface area (Å²) in [6.07, 6.45) is 0. The van der Waals surface area contributed by atoms with Crippen molar-refractivity contribution in [2.75, 3.05) is 5.32 Å². The number of hydrogen-bond acceptors (Lipinski definition) is 3. The third kappa shape index (κ3) is 5.96. The van der Waals surface area contributed by atoms with Gasteiger partial charge in [-0.3, -0.25) is 9.48 Å². The number of rotatable bonds is 7. The Morgan fingerprint density at radius 3 is 2.61 bits per heavy atom. The standard InChI is InChI=1S/C25H20BrCl2N3O2/c1-16-11-24(30-31(16)14-17-9-10-21(27)22(28)13-17)29-25(32)19-6-4-5-18(12-19)15-33-23-8-3-2-7-20(23)26/h2-13H,14-15H2,1H3,(H,29,30,32). The average Bonchev–Trinajstić information content (AvgIpc) is 3.14. The maximum atomic E-state index is 12.8. The number of ether oxygens (including phenoxy) is 1. The van der Waals surface area contributed by atoms with E-state index in [4.69, 9.17) is 27.9 Å². The Bertz CT molecular complexity index is 1310. The van der Waals surface area contributed by atoms with Crippen LogP contribution in [0.15, 0.2) is 77.3 Å². The topological polar surface area (TPSA) is 56.1 Å². The summed E-state index contributed by atoms with van der Waals surface area (Å²) >= 11 is 15.6. The predicted molar refractivity (Wildman–Crippen MR) is 135 cm³/mol. The van der Waals surface area contributed by atoms with Crippen molar-refractivity contribution < 1.29 is 9.53 Å². The van der Waals surface area contributed by atoms with E-state index in [1.165, 1.54) is 0 Å². The number of benzene rings is 3.